The van der Waals surface area contributed by atoms with Gasteiger partial charge >= 0.3 is 0 Å². The summed E-state index contributed by atoms with van der Waals surface area (Å²) >= 11 is 1.52. The molecule has 27 heavy (non-hydrogen) atoms. The maximum absolute atomic E-state index is 12.6. The van der Waals surface area contributed by atoms with E-state index in [4.69, 9.17) is 4.74 Å². The summed E-state index contributed by atoms with van der Waals surface area (Å²) in [6.07, 6.45) is 4.85. The summed E-state index contributed by atoms with van der Waals surface area (Å²) in [5.74, 6) is 3.08. The number of benzene rings is 1. The van der Waals surface area contributed by atoms with Gasteiger partial charge in [0, 0.05) is 25.6 Å². The standard InChI is InChI=1S/C20H26N4O2S/c1-3-26-17-10-4-14(5-11-17)12-23(2)18(25)13-27-20-22-21-19(15-6-7-15)24(20)16-8-9-16/h4-5,10-11,15-16H,3,6-9,12-13H2,1-2H3. The van der Waals surface area contributed by atoms with Crippen LogP contribution in [0.1, 0.15) is 56.0 Å². The number of carbonyl (C=O) groups is 1. The van der Waals surface area contributed by atoms with Crippen molar-refractivity contribution in [3.8, 4) is 5.75 Å². The molecule has 2 aliphatic rings. The molecule has 0 bridgehead atoms. The van der Waals surface area contributed by atoms with E-state index < -0.39 is 0 Å². The first-order valence-corrected chi connectivity index (χ1v) is 10.7. The normalized spacial score (nSPS) is 16.4. The van der Waals surface area contributed by atoms with Crippen LogP contribution in [0, 0.1) is 0 Å². The highest BCUT2D eigenvalue weighted by molar-refractivity contribution is 7.99. The van der Waals surface area contributed by atoms with Crippen molar-refractivity contribution in [3.05, 3.63) is 35.7 Å². The van der Waals surface area contributed by atoms with Gasteiger partial charge in [-0.1, -0.05) is 23.9 Å². The van der Waals surface area contributed by atoms with Crippen LogP contribution in [-0.4, -0.2) is 45.0 Å². The molecule has 2 fully saturated rings. The summed E-state index contributed by atoms with van der Waals surface area (Å²) in [5, 5.41) is 9.69. The molecule has 0 N–H and O–H groups in total. The fourth-order valence-electron chi connectivity index (χ4n) is 3.14. The Kier molecular flexibility index (Phi) is 5.38. The number of aromatic nitrogens is 3. The SMILES string of the molecule is CCOc1ccc(CN(C)C(=O)CSc2nnc(C3CC3)n2C2CC2)cc1. The number of carbonyl (C=O) groups excluding carboxylic acids is 1. The van der Waals surface area contributed by atoms with Gasteiger partial charge in [-0.15, -0.1) is 10.2 Å². The molecular weight excluding hydrogens is 360 g/mol. The second-order valence-corrected chi connectivity index (χ2v) is 8.27. The van der Waals surface area contributed by atoms with Gasteiger partial charge in [0.2, 0.25) is 5.91 Å². The maximum atomic E-state index is 12.6. The van der Waals surface area contributed by atoms with Crippen LogP contribution in [0.15, 0.2) is 29.4 Å². The van der Waals surface area contributed by atoms with E-state index in [2.05, 4.69) is 14.8 Å². The van der Waals surface area contributed by atoms with E-state index in [0.29, 0.717) is 30.9 Å². The first-order chi connectivity index (χ1) is 13.2. The molecule has 2 aromatic rings. The summed E-state index contributed by atoms with van der Waals surface area (Å²) in [6, 6.07) is 8.46. The molecule has 0 spiro atoms. The van der Waals surface area contributed by atoms with Crippen molar-refractivity contribution < 1.29 is 9.53 Å². The summed E-state index contributed by atoms with van der Waals surface area (Å²) < 4.78 is 7.75. The summed E-state index contributed by atoms with van der Waals surface area (Å²) in [6.45, 7) is 3.22. The van der Waals surface area contributed by atoms with Crippen molar-refractivity contribution in [2.24, 2.45) is 0 Å². The summed E-state index contributed by atoms with van der Waals surface area (Å²) in [4.78, 5) is 14.3. The van der Waals surface area contributed by atoms with E-state index in [1.54, 1.807) is 4.90 Å². The minimum absolute atomic E-state index is 0.104. The van der Waals surface area contributed by atoms with Crippen LogP contribution in [0.2, 0.25) is 0 Å². The molecule has 2 aliphatic carbocycles. The predicted octanol–water partition coefficient (Wildman–Crippen LogP) is 3.64. The molecule has 7 heteroatoms. The fraction of sp³-hybridized carbons (Fsp3) is 0.550. The van der Waals surface area contributed by atoms with E-state index in [0.717, 1.165) is 22.3 Å². The Morgan fingerprint density at radius 3 is 2.59 bits per heavy atom. The Labute approximate surface area is 164 Å². The number of hydrogen-bond donors (Lipinski definition) is 0. The molecule has 144 valence electrons. The first-order valence-electron chi connectivity index (χ1n) is 9.69. The number of thioether (sulfide) groups is 1. The zero-order valence-corrected chi connectivity index (χ0v) is 16.7. The second-order valence-electron chi connectivity index (χ2n) is 7.33. The van der Waals surface area contributed by atoms with Gasteiger partial charge in [0.15, 0.2) is 5.16 Å². The van der Waals surface area contributed by atoms with E-state index in [9.17, 15) is 4.79 Å². The van der Waals surface area contributed by atoms with Crippen molar-refractivity contribution in [3.63, 3.8) is 0 Å². The number of hydrogen-bond acceptors (Lipinski definition) is 5. The van der Waals surface area contributed by atoms with Crippen molar-refractivity contribution in [1.82, 2.24) is 19.7 Å². The van der Waals surface area contributed by atoms with Crippen molar-refractivity contribution in [2.75, 3.05) is 19.4 Å². The Morgan fingerprint density at radius 1 is 1.22 bits per heavy atom. The molecular formula is C20H26N4O2S. The molecule has 0 unspecified atom stereocenters. The molecule has 1 aromatic heterocycles. The zero-order chi connectivity index (χ0) is 18.8. The lowest BCUT2D eigenvalue weighted by Gasteiger charge is -2.17. The van der Waals surface area contributed by atoms with E-state index >= 15 is 0 Å². The molecule has 0 aliphatic heterocycles. The molecule has 4 rings (SSSR count). The molecule has 0 radical (unpaired) electrons. The summed E-state index contributed by atoms with van der Waals surface area (Å²) in [7, 11) is 1.85. The molecule has 1 amide bonds. The minimum Gasteiger partial charge on any atom is -0.494 e. The average Bonchev–Trinajstić information content (AvgIpc) is 3.60. The third kappa shape index (κ3) is 4.46. The number of nitrogens with zero attached hydrogens (tertiary/aromatic N) is 4. The molecule has 6 nitrogen and oxygen atoms in total. The van der Waals surface area contributed by atoms with Crippen molar-refractivity contribution >= 4 is 17.7 Å². The Balaban J connectivity index is 1.32. The zero-order valence-electron chi connectivity index (χ0n) is 15.9. The van der Waals surface area contributed by atoms with Crippen LogP contribution in [0.4, 0.5) is 0 Å². The monoisotopic (exact) mass is 386 g/mol. The maximum Gasteiger partial charge on any atom is 0.233 e. The topological polar surface area (TPSA) is 60.2 Å². The highest BCUT2D eigenvalue weighted by Crippen LogP contribution is 2.45. The van der Waals surface area contributed by atoms with E-state index in [-0.39, 0.29) is 5.91 Å². The van der Waals surface area contributed by atoms with Crippen molar-refractivity contribution in [1.29, 1.82) is 0 Å². The smallest absolute Gasteiger partial charge is 0.233 e. The Morgan fingerprint density at radius 2 is 1.96 bits per heavy atom. The average molecular weight is 387 g/mol. The number of amides is 1. The second kappa shape index (κ2) is 7.92. The van der Waals surface area contributed by atoms with E-state index in [1.165, 1.54) is 37.4 Å². The highest BCUT2D eigenvalue weighted by atomic mass is 32.2. The van der Waals surface area contributed by atoms with E-state index in [1.807, 2.05) is 38.2 Å². The van der Waals surface area contributed by atoms with Gasteiger partial charge in [-0.3, -0.25) is 4.79 Å². The molecule has 1 heterocycles. The van der Waals surface area contributed by atoms with Crippen LogP contribution in [-0.2, 0) is 11.3 Å². The van der Waals surface area contributed by atoms with Gasteiger partial charge < -0.3 is 14.2 Å². The number of rotatable bonds is 9. The molecule has 1 aromatic carbocycles. The van der Waals surface area contributed by atoms with Gasteiger partial charge in [0.1, 0.15) is 11.6 Å². The third-order valence-corrected chi connectivity index (χ3v) is 5.88. The van der Waals surface area contributed by atoms with Crippen molar-refractivity contribution in [2.45, 2.75) is 56.3 Å². The lowest BCUT2D eigenvalue weighted by atomic mass is 10.2. The molecule has 0 atom stereocenters. The lowest BCUT2D eigenvalue weighted by Crippen LogP contribution is -2.27. The Hall–Kier alpha value is -2.02. The van der Waals surface area contributed by atoms with Gasteiger partial charge in [-0.2, -0.15) is 0 Å². The molecule has 0 saturated heterocycles. The van der Waals surface area contributed by atoms with Gasteiger partial charge in [0.05, 0.1) is 12.4 Å². The highest BCUT2D eigenvalue weighted by Gasteiger charge is 2.36. The van der Waals surface area contributed by atoms with Crippen LogP contribution < -0.4 is 4.74 Å². The Bertz CT molecular complexity index is 797. The van der Waals surface area contributed by atoms with Crippen LogP contribution >= 0.6 is 11.8 Å². The number of ether oxygens (including phenoxy) is 1. The predicted molar refractivity (Wildman–Crippen MR) is 105 cm³/mol. The summed E-state index contributed by atoms with van der Waals surface area (Å²) in [5.41, 5.74) is 1.09. The lowest BCUT2D eigenvalue weighted by molar-refractivity contribution is -0.127. The van der Waals surface area contributed by atoms with Gasteiger partial charge in [0.25, 0.3) is 0 Å². The fourth-order valence-corrected chi connectivity index (χ4v) is 4.09. The van der Waals surface area contributed by atoms with Gasteiger partial charge in [-0.05, 0) is 50.3 Å². The third-order valence-electron chi connectivity index (χ3n) is 4.95. The molecule has 2 saturated carbocycles. The van der Waals surface area contributed by atoms with Gasteiger partial charge in [-0.25, -0.2) is 0 Å². The first kappa shape index (κ1) is 18.3. The van der Waals surface area contributed by atoms with Crippen LogP contribution in [0.5, 0.6) is 5.75 Å². The van der Waals surface area contributed by atoms with Crippen LogP contribution in [0.3, 0.4) is 0 Å². The van der Waals surface area contributed by atoms with Crippen LogP contribution in [0.25, 0.3) is 0 Å². The largest absolute Gasteiger partial charge is 0.494 e. The minimum atomic E-state index is 0.104. The quantitative estimate of drug-likeness (QED) is 0.616.